The zero-order valence-electron chi connectivity index (χ0n) is 7.89. The lowest BCUT2D eigenvalue weighted by atomic mass is 10.2. The molecule has 0 aromatic carbocycles. The largest absolute Gasteiger partial charge is 0.384 e. The Balaban J connectivity index is 2.85. The molecule has 0 radical (unpaired) electrons. The van der Waals surface area contributed by atoms with Crippen LogP contribution in [0.15, 0.2) is 12.1 Å². The van der Waals surface area contributed by atoms with Gasteiger partial charge in [0.15, 0.2) is 0 Å². The van der Waals surface area contributed by atoms with Gasteiger partial charge in [-0.05, 0) is 26.1 Å². The first-order valence-corrected chi connectivity index (χ1v) is 4.10. The summed E-state index contributed by atoms with van der Waals surface area (Å²) < 4.78 is 0. The highest BCUT2D eigenvalue weighted by atomic mass is 14.8. The van der Waals surface area contributed by atoms with E-state index in [2.05, 4.69) is 22.1 Å². The highest BCUT2D eigenvalue weighted by Gasteiger charge is 1.94. The number of pyridine rings is 1. The molecule has 1 heterocycles. The number of hydrogen-bond donors (Lipinski definition) is 2. The second-order valence-corrected chi connectivity index (χ2v) is 2.70. The molecule has 0 aliphatic heterocycles. The number of anilines is 1. The average Bonchev–Trinajstić information content (AvgIpc) is 2.09. The highest BCUT2D eigenvalue weighted by molar-refractivity contribution is 5.42. The van der Waals surface area contributed by atoms with Crippen LogP contribution in [0.25, 0.3) is 0 Å². The summed E-state index contributed by atoms with van der Waals surface area (Å²) in [5.74, 6) is 6.52. The van der Waals surface area contributed by atoms with Gasteiger partial charge in [-0.25, -0.2) is 4.98 Å². The summed E-state index contributed by atoms with van der Waals surface area (Å²) in [4.78, 5) is 4.11. The second kappa shape index (κ2) is 4.48. The van der Waals surface area contributed by atoms with Crippen LogP contribution in [0.4, 0.5) is 5.82 Å². The SMILES string of the molecule is CNCC#Cc1ccc(N)nc1C. The summed E-state index contributed by atoms with van der Waals surface area (Å²) in [5, 5.41) is 2.95. The molecule has 1 aromatic rings. The van der Waals surface area contributed by atoms with Crippen molar-refractivity contribution in [2.24, 2.45) is 0 Å². The molecule has 1 rings (SSSR count). The molecule has 0 saturated heterocycles. The van der Waals surface area contributed by atoms with Crippen molar-refractivity contribution in [3.63, 3.8) is 0 Å². The summed E-state index contributed by atoms with van der Waals surface area (Å²) >= 11 is 0. The maximum atomic E-state index is 5.51. The third kappa shape index (κ3) is 2.77. The van der Waals surface area contributed by atoms with Crippen molar-refractivity contribution in [3.8, 4) is 11.8 Å². The van der Waals surface area contributed by atoms with E-state index in [4.69, 9.17) is 5.73 Å². The Kier molecular flexibility index (Phi) is 3.30. The van der Waals surface area contributed by atoms with Gasteiger partial charge in [-0.2, -0.15) is 0 Å². The molecule has 3 heteroatoms. The molecule has 0 bridgehead atoms. The van der Waals surface area contributed by atoms with Crippen LogP contribution >= 0.6 is 0 Å². The van der Waals surface area contributed by atoms with Gasteiger partial charge in [-0.3, -0.25) is 0 Å². The van der Waals surface area contributed by atoms with Gasteiger partial charge < -0.3 is 11.1 Å². The zero-order chi connectivity index (χ0) is 9.68. The van der Waals surface area contributed by atoms with Gasteiger partial charge in [0, 0.05) is 5.56 Å². The van der Waals surface area contributed by atoms with E-state index in [9.17, 15) is 0 Å². The Morgan fingerprint density at radius 2 is 2.31 bits per heavy atom. The van der Waals surface area contributed by atoms with Crippen LogP contribution in [0.5, 0.6) is 0 Å². The van der Waals surface area contributed by atoms with Crippen LogP contribution < -0.4 is 11.1 Å². The van der Waals surface area contributed by atoms with E-state index in [0.29, 0.717) is 12.4 Å². The molecule has 3 nitrogen and oxygen atoms in total. The molecule has 0 fully saturated rings. The quantitative estimate of drug-likeness (QED) is 0.613. The molecule has 0 saturated carbocycles. The topological polar surface area (TPSA) is 50.9 Å². The summed E-state index contributed by atoms with van der Waals surface area (Å²) in [5.41, 5.74) is 7.32. The standard InChI is InChI=1S/C10H13N3/c1-8-9(4-3-7-12-2)5-6-10(11)13-8/h5-6,12H,7H2,1-2H3,(H2,11,13). The summed E-state index contributed by atoms with van der Waals surface area (Å²) in [6.07, 6.45) is 0. The molecule has 0 spiro atoms. The minimum absolute atomic E-state index is 0.539. The molecule has 1 aromatic heterocycles. The zero-order valence-corrected chi connectivity index (χ0v) is 7.89. The summed E-state index contributed by atoms with van der Waals surface area (Å²) in [7, 11) is 1.86. The lowest BCUT2D eigenvalue weighted by Gasteiger charge is -1.97. The van der Waals surface area contributed by atoms with E-state index in [1.807, 2.05) is 20.0 Å². The molecular formula is C10H13N3. The number of nitrogens with one attached hydrogen (secondary N) is 1. The van der Waals surface area contributed by atoms with Gasteiger partial charge in [-0.1, -0.05) is 11.8 Å². The van der Waals surface area contributed by atoms with E-state index in [1.54, 1.807) is 6.07 Å². The Labute approximate surface area is 78.4 Å². The normalized spacial score (nSPS) is 9.08. The van der Waals surface area contributed by atoms with Crippen molar-refractivity contribution < 1.29 is 0 Å². The number of aromatic nitrogens is 1. The molecule has 13 heavy (non-hydrogen) atoms. The van der Waals surface area contributed by atoms with E-state index in [-0.39, 0.29) is 0 Å². The molecule has 0 aliphatic rings. The summed E-state index contributed by atoms with van der Waals surface area (Å²) in [6, 6.07) is 3.65. The Hall–Kier alpha value is -1.53. The first kappa shape index (κ1) is 9.56. The van der Waals surface area contributed by atoms with Crippen LogP contribution in [0.3, 0.4) is 0 Å². The van der Waals surface area contributed by atoms with E-state index < -0.39 is 0 Å². The third-order valence-electron chi connectivity index (χ3n) is 1.60. The molecule has 0 unspecified atom stereocenters. The minimum atomic E-state index is 0.539. The predicted molar refractivity (Wildman–Crippen MR) is 54.2 cm³/mol. The molecule has 0 amide bonds. The fourth-order valence-electron chi connectivity index (χ4n) is 0.940. The molecule has 0 atom stereocenters. The smallest absolute Gasteiger partial charge is 0.123 e. The molecule has 3 N–H and O–H groups in total. The molecule has 0 aliphatic carbocycles. The van der Waals surface area contributed by atoms with Crippen LogP contribution in [-0.4, -0.2) is 18.6 Å². The highest BCUT2D eigenvalue weighted by Crippen LogP contribution is 2.05. The van der Waals surface area contributed by atoms with E-state index in [1.165, 1.54) is 0 Å². The third-order valence-corrected chi connectivity index (χ3v) is 1.60. The minimum Gasteiger partial charge on any atom is -0.384 e. The van der Waals surface area contributed by atoms with E-state index in [0.717, 1.165) is 11.3 Å². The Morgan fingerprint density at radius 3 is 2.92 bits per heavy atom. The van der Waals surface area contributed by atoms with Gasteiger partial charge in [0.1, 0.15) is 5.82 Å². The molecule has 68 valence electrons. The van der Waals surface area contributed by atoms with Gasteiger partial charge in [0.25, 0.3) is 0 Å². The van der Waals surface area contributed by atoms with Crippen LogP contribution in [0.2, 0.25) is 0 Å². The Bertz CT molecular complexity index is 347. The molecular weight excluding hydrogens is 162 g/mol. The summed E-state index contributed by atoms with van der Waals surface area (Å²) in [6.45, 7) is 2.59. The Morgan fingerprint density at radius 1 is 1.54 bits per heavy atom. The monoisotopic (exact) mass is 175 g/mol. The fourth-order valence-corrected chi connectivity index (χ4v) is 0.940. The van der Waals surface area contributed by atoms with Gasteiger partial charge in [0.2, 0.25) is 0 Å². The van der Waals surface area contributed by atoms with Crippen molar-refractivity contribution in [1.29, 1.82) is 0 Å². The van der Waals surface area contributed by atoms with E-state index >= 15 is 0 Å². The number of aryl methyl sites for hydroxylation is 1. The number of nitrogens with two attached hydrogens (primary N) is 1. The van der Waals surface area contributed by atoms with Crippen molar-refractivity contribution in [2.45, 2.75) is 6.92 Å². The number of hydrogen-bond acceptors (Lipinski definition) is 3. The maximum absolute atomic E-state index is 5.51. The van der Waals surface area contributed by atoms with Gasteiger partial charge in [0.05, 0.1) is 12.2 Å². The fraction of sp³-hybridized carbons (Fsp3) is 0.300. The maximum Gasteiger partial charge on any atom is 0.123 e. The second-order valence-electron chi connectivity index (χ2n) is 2.70. The number of nitrogen functional groups attached to an aromatic ring is 1. The van der Waals surface area contributed by atoms with Crippen LogP contribution in [0.1, 0.15) is 11.3 Å². The van der Waals surface area contributed by atoms with Crippen LogP contribution in [0, 0.1) is 18.8 Å². The average molecular weight is 175 g/mol. The van der Waals surface area contributed by atoms with Crippen molar-refractivity contribution in [2.75, 3.05) is 19.3 Å². The first-order chi connectivity index (χ1) is 6.24. The van der Waals surface area contributed by atoms with Crippen molar-refractivity contribution >= 4 is 5.82 Å². The lowest BCUT2D eigenvalue weighted by Crippen LogP contribution is -2.04. The van der Waals surface area contributed by atoms with Crippen molar-refractivity contribution in [1.82, 2.24) is 10.3 Å². The number of nitrogens with zero attached hydrogens (tertiary/aromatic N) is 1. The lowest BCUT2D eigenvalue weighted by molar-refractivity contribution is 0.938. The predicted octanol–water partition coefficient (Wildman–Crippen LogP) is 0.543. The van der Waals surface area contributed by atoms with Crippen LogP contribution in [-0.2, 0) is 0 Å². The number of rotatable bonds is 1. The van der Waals surface area contributed by atoms with Gasteiger partial charge in [-0.15, -0.1) is 0 Å². The first-order valence-electron chi connectivity index (χ1n) is 4.10. The van der Waals surface area contributed by atoms with Crippen molar-refractivity contribution in [3.05, 3.63) is 23.4 Å². The van der Waals surface area contributed by atoms with Gasteiger partial charge >= 0.3 is 0 Å².